The third-order valence-electron chi connectivity index (χ3n) is 2.10. The predicted octanol–water partition coefficient (Wildman–Crippen LogP) is 2.59. The molecule has 0 aliphatic heterocycles. The van der Waals surface area contributed by atoms with Crippen molar-refractivity contribution in [3.8, 4) is 17.0 Å². The average Bonchev–Trinajstić information content (AvgIpc) is 2.58. The second-order valence-electron chi connectivity index (χ2n) is 3.23. The van der Waals surface area contributed by atoms with E-state index in [2.05, 4.69) is 5.16 Å². The number of aromatic hydroxyl groups is 1. The van der Waals surface area contributed by atoms with Gasteiger partial charge in [-0.15, -0.1) is 0 Å². The first-order valence-corrected chi connectivity index (χ1v) is 4.67. The number of anilines is 1. The standard InChI is InChI=1S/C10H9ClN2O2/c1-5-2-9(14)7(11)3-6(5)8-4-10(12)15-13-8/h2-4,14H,12H2,1H3. The summed E-state index contributed by atoms with van der Waals surface area (Å²) in [6.07, 6.45) is 0. The van der Waals surface area contributed by atoms with Crippen molar-refractivity contribution >= 4 is 17.5 Å². The zero-order chi connectivity index (χ0) is 11.0. The number of aryl methyl sites for hydroxylation is 1. The van der Waals surface area contributed by atoms with Gasteiger partial charge in [-0.2, -0.15) is 0 Å². The van der Waals surface area contributed by atoms with Crippen LogP contribution < -0.4 is 5.73 Å². The Bertz CT molecular complexity index is 508. The van der Waals surface area contributed by atoms with E-state index >= 15 is 0 Å². The molecular weight excluding hydrogens is 216 g/mol. The Hall–Kier alpha value is -1.68. The molecule has 0 atom stereocenters. The summed E-state index contributed by atoms with van der Waals surface area (Å²) in [7, 11) is 0. The summed E-state index contributed by atoms with van der Waals surface area (Å²) in [6, 6.07) is 4.81. The maximum Gasteiger partial charge on any atom is 0.222 e. The van der Waals surface area contributed by atoms with E-state index in [-0.39, 0.29) is 16.7 Å². The number of hydrogen-bond acceptors (Lipinski definition) is 4. The summed E-state index contributed by atoms with van der Waals surface area (Å²) in [6.45, 7) is 1.84. The SMILES string of the molecule is Cc1cc(O)c(Cl)cc1-c1cc(N)on1. The Labute approximate surface area is 91.3 Å². The number of nitrogens with zero attached hydrogens (tertiary/aromatic N) is 1. The number of nitrogens with two attached hydrogens (primary N) is 1. The summed E-state index contributed by atoms with van der Waals surface area (Å²) < 4.78 is 4.77. The van der Waals surface area contributed by atoms with Crippen LogP contribution in [0.3, 0.4) is 0 Å². The first-order chi connectivity index (χ1) is 7.08. The molecule has 0 aliphatic carbocycles. The number of phenolic OH excluding ortho intramolecular Hbond substituents is 1. The molecule has 0 fully saturated rings. The van der Waals surface area contributed by atoms with E-state index in [4.69, 9.17) is 21.9 Å². The van der Waals surface area contributed by atoms with Gasteiger partial charge in [0.2, 0.25) is 5.88 Å². The highest BCUT2D eigenvalue weighted by Gasteiger charge is 2.10. The van der Waals surface area contributed by atoms with Crippen LogP contribution in [0.15, 0.2) is 22.7 Å². The van der Waals surface area contributed by atoms with Crippen LogP contribution in [0.4, 0.5) is 5.88 Å². The van der Waals surface area contributed by atoms with Crippen LogP contribution in [0.5, 0.6) is 5.75 Å². The molecule has 0 saturated carbocycles. The summed E-state index contributed by atoms with van der Waals surface area (Å²) in [5, 5.41) is 13.4. The summed E-state index contributed by atoms with van der Waals surface area (Å²) >= 11 is 5.80. The molecule has 0 radical (unpaired) electrons. The number of aromatic nitrogens is 1. The molecule has 0 bridgehead atoms. The van der Waals surface area contributed by atoms with E-state index in [1.165, 1.54) is 0 Å². The molecule has 1 heterocycles. The van der Waals surface area contributed by atoms with Crippen LogP contribution in [-0.4, -0.2) is 10.3 Å². The minimum Gasteiger partial charge on any atom is -0.506 e. The van der Waals surface area contributed by atoms with Gasteiger partial charge in [0.25, 0.3) is 0 Å². The van der Waals surface area contributed by atoms with Crippen LogP contribution in [0.2, 0.25) is 5.02 Å². The molecule has 1 aromatic heterocycles. The molecule has 1 aromatic carbocycles. The van der Waals surface area contributed by atoms with Crippen LogP contribution in [0, 0.1) is 6.92 Å². The molecule has 2 aromatic rings. The van der Waals surface area contributed by atoms with Crippen LogP contribution in [-0.2, 0) is 0 Å². The molecule has 0 amide bonds. The van der Waals surface area contributed by atoms with E-state index in [1.54, 1.807) is 18.2 Å². The number of hydrogen-bond donors (Lipinski definition) is 2. The third kappa shape index (κ3) is 1.76. The molecule has 2 rings (SSSR count). The van der Waals surface area contributed by atoms with Crippen molar-refractivity contribution in [1.29, 1.82) is 0 Å². The smallest absolute Gasteiger partial charge is 0.222 e. The van der Waals surface area contributed by atoms with Crippen molar-refractivity contribution in [2.75, 3.05) is 5.73 Å². The van der Waals surface area contributed by atoms with Gasteiger partial charge in [-0.3, -0.25) is 0 Å². The summed E-state index contributed by atoms with van der Waals surface area (Å²) in [5.41, 5.74) is 7.67. The Morgan fingerprint density at radius 2 is 2.13 bits per heavy atom. The predicted molar refractivity (Wildman–Crippen MR) is 57.8 cm³/mol. The fourth-order valence-corrected chi connectivity index (χ4v) is 1.52. The van der Waals surface area contributed by atoms with E-state index in [0.717, 1.165) is 11.1 Å². The van der Waals surface area contributed by atoms with E-state index in [1.807, 2.05) is 6.92 Å². The van der Waals surface area contributed by atoms with Gasteiger partial charge in [0.05, 0.1) is 5.02 Å². The maximum atomic E-state index is 9.38. The molecule has 0 spiro atoms. The van der Waals surface area contributed by atoms with Crippen molar-refractivity contribution in [2.24, 2.45) is 0 Å². The van der Waals surface area contributed by atoms with Gasteiger partial charge in [0.1, 0.15) is 11.4 Å². The Kier molecular flexibility index (Phi) is 2.28. The minimum atomic E-state index is 0.0504. The lowest BCUT2D eigenvalue weighted by Crippen LogP contribution is -1.84. The number of nitrogen functional groups attached to an aromatic ring is 1. The van der Waals surface area contributed by atoms with Crippen LogP contribution in [0.1, 0.15) is 5.56 Å². The van der Waals surface area contributed by atoms with Gasteiger partial charge >= 0.3 is 0 Å². The lowest BCUT2D eigenvalue weighted by Gasteiger charge is -2.04. The van der Waals surface area contributed by atoms with Crippen molar-refractivity contribution in [1.82, 2.24) is 5.16 Å². The average molecular weight is 225 g/mol. The summed E-state index contributed by atoms with van der Waals surface area (Å²) in [4.78, 5) is 0. The van der Waals surface area contributed by atoms with Gasteiger partial charge in [0.15, 0.2) is 0 Å². The van der Waals surface area contributed by atoms with Crippen LogP contribution in [0.25, 0.3) is 11.3 Å². The van der Waals surface area contributed by atoms with Crippen LogP contribution >= 0.6 is 11.6 Å². The first-order valence-electron chi connectivity index (χ1n) is 4.29. The molecular formula is C10H9ClN2O2. The van der Waals surface area contributed by atoms with E-state index in [0.29, 0.717) is 5.69 Å². The van der Waals surface area contributed by atoms with Gasteiger partial charge < -0.3 is 15.4 Å². The zero-order valence-corrected chi connectivity index (χ0v) is 8.75. The second-order valence-corrected chi connectivity index (χ2v) is 3.64. The quantitative estimate of drug-likeness (QED) is 0.781. The van der Waals surface area contributed by atoms with Gasteiger partial charge in [-0.05, 0) is 24.6 Å². The topological polar surface area (TPSA) is 72.3 Å². The Balaban J connectivity index is 2.58. The van der Waals surface area contributed by atoms with Gasteiger partial charge in [-0.1, -0.05) is 16.8 Å². The highest BCUT2D eigenvalue weighted by Crippen LogP contribution is 2.32. The second kappa shape index (κ2) is 3.47. The van der Waals surface area contributed by atoms with E-state index in [9.17, 15) is 5.11 Å². The minimum absolute atomic E-state index is 0.0504. The molecule has 78 valence electrons. The summed E-state index contributed by atoms with van der Waals surface area (Å²) in [5.74, 6) is 0.294. The van der Waals surface area contributed by atoms with Gasteiger partial charge in [-0.25, -0.2) is 0 Å². The van der Waals surface area contributed by atoms with Crippen molar-refractivity contribution in [3.05, 3.63) is 28.8 Å². The molecule has 3 N–H and O–H groups in total. The lowest BCUT2D eigenvalue weighted by atomic mass is 10.1. The van der Waals surface area contributed by atoms with Gasteiger partial charge in [0, 0.05) is 11.6 Å². The van der Waals surface area contributed by atoms with Crippen molar-refractivity contribution in [3.63, 3.8) is 0 Å². The Morgan fingerprint density at radius 1 is 1.40 bits per heavy atom. The molecule has 15 heavy (non-hydrogen) atoms. The van der Waals surface area contributed by atoms with E-state index < -0.39 is 0 Å². The van der Waals surface area contributed by atoms with Crippen molar-refractivity contribution in [2.45, 2.75) is 6.92 Å². The first kappa shape index (κ1) is 9.86. The maximum absolute atomic E-state index is 9.38. The Morgan fingerprint density at radius 3 is 2.73 bits per heavy atom. The largest absolute Gasteiger partial charge is 0.506 e. The fourth-order valence-electron chi connectivity index (χ4n) is 1.36. The lowest BCUT2D eigenvalue weighted by molar-refractivity contribution is 0.439. The van der Waals surface area contributed by atoms with Crippen molar-refractivity contribution < 1.29 is 9.63 Å². The molecule has 0 aliphatic rings. The highest BCUT2D eigenvalue weighted by atomic mass is 35.5. The number of halogens is 1. The molecule has 5 heteroatoms. The number of rotatable bonds is 1. The molecule has 0 saturated heterocycles. The number of phenols is 1. The molecule has 4 nitrogen and oxygen atoms in total. The normalized spacial score (nSPS) is 10.5. The monoisotopic (exact) mass is 224 g/mol. The third-order valence-corrected chi connectivity index (χ3v) is 2.40. The number of benzene rings is 1. The molecule has 0 unspecified atom stereocenters. The fraction of sp³-hybridized carbons (Fsp3) is 0.100. The highest BCUT2D eigenvalue weighted by molar-refractivity contribution is 6.32. The zero-order valence-electron chi connectivity index (χ0n) is 7.99.